The number of hydrogen-bond acceptors (Lipinski definition) is 5. The fourth-order valence-corrected chi connectivity index (χ4v) is 5.28. The van der Waals surface area contributed by atoms with Gasteiger partial charge in [0.25, 0.3) is 11.8 Å². The molecule has 1 fully saturated rings. The highest BCUT2D eigenvalue weighted by Crippen LogP contribution is 2.37. The largest absolute Gasteiger partial charge is 0.456 e. The number of hydrogen-bond donors (Lipinski definition) is 1. The van der Waals surface area contributed by atoms with E-state index in [1.807, 2.05) is 42.2 Å². The van der Waals surface area contributed by atoms with E-state index in [2.05, 4.69) is 21.8 Å². The summed E-state index contributed by atoms with van der Waals surface area (Å²) in [6.07, 6.45) is 2.76. The summed E-state index contributed by atoms with van der Waals surface area (Å²) >= 11 is 1.42. The topological polar surface area (TPSA) is 76.5 Å². The highest BCUT2D eigenvalue weighted by atomic mass is 32.1. The lowest BCUT2D eigenvalue weighted by Gasteiger charge is -2.30. The number of amides is 2. The number of fused-ring (bicyclic) bond motifs is 2. The Bertz CT molecular complexity index is 1370. The van der Waals surface area contributed by atoms with Gasteiger partial charge in [0.1, 0.15) is 11.5 Å². The third-order valence-corrected chi connectivity index (χ3v) is 7.15. The van der Waals surface area contributed by atoms with E-state index in [1.165, 1.54) is 11.3 Å². The second-order valence-corrected chi connectivity index (χ2v) is 8.90. The van der Waals surface area contributed by atoms with Gasteiger partial charge in [-0.2, -0.15) is 0 Å². The number of thiophene rings is 1. The third-order valence-electron chi connectivity index (χ3n) is 6.02. The van der Waals surface area contributed by atoms with Gasteiger partial charge in [0.2, 0.25) is 0 Å². The molecule has 3 aromatic heterocycles. The van der Waals surface area contributed by atoms with Gasteiger partial charge < -0.3 is 19.5 Å². The fourth-order valence-electron chi connectivity index (χ4n) is 4.24. The first-order chi connectivity index (χ1) is 15.5. The molecule has 1 N–H and O–H groups in total. The van der Waals surface area contributed by atoms with Crippen molar-refractivity contribution in [3.8, 4) is 11.5 Å². The van der Waals surface area contributed by atoms with Gasteiger partial charge in [0.15, 0.2) is 0 Å². The average molecular weight is 449 g/mol. The standard InChI is InChI=1S/C24H24N4O3S/c1-4-28-14(2)21(23(29)25-3)16-7-6-15(12-18(16)28)31-19-8-9-26-17-13-20(32-22(17)19)24(30)27-10-5-11-27/h6-9,12-13H,4-5,10-11H2,1-3H3,(H,25,29). The van der Waals surface area contributed by atoms with Crippen molar-refractivity contribution >= 4 is 44.3 Å². The number of rotatable bonds is 5. The van der Waals surface area contributed by atoms with Crippen LogP contribution in [0.5, 0.6) is 11.5 Å². The molecule has 0 unspecified atom stereocenters. The van der Waals surface area contributed by atoms with Gasteiger partial charge in [0.05, 0.1) is 26.2 Å². The van der Waals surface area contributed by atoms with Gasteiger partial charge >= 0.3 is 0 Å². The lowest BCUT2D eigenvalue weighted by molar-refractivity contribution is 0.0657. The first kappa shape index (κ1) is 20.5. The Balaban J connectivity index is 1.53. The van der Waals surface area contributed by atoms with Crippen molar-refractivity contribution < 1.29 is 14.3 Å². The summed E-state index contributed by atoms with van der Waals surface area (Å²) in [7, 11) is 1.64. The predicted octanol–water partition coefficient (Wildman–Crippen LogP) is 4.58. The minimum atomic E-state index is -0.0952. The van der Waals surface area contributed by atoms with Crippen LogP contribution in [0, 0.1) is 6.92 Å². The number of nitrogens with zero attached hydrogens (tertiary/aromatic N) is 3. The molecule has 4 heterocycles. The Morgan fingerprint density at radius 1 is 1.22 bits per heavy atom. The van der Waals surface area contributed by atoms with Crippen LogP contribution >= 0.6 is 11.3 Å². The van der Waals surface area contributed by atoms with Crippen LogP contribution < -0.4 is 10.1 Å². The van der Waals surface area contributed by atoms with Crippen molar-refractivity contribution in [3.63, 3.8) is 0 Å². The number of nitrogens with one attached hydrogen (secondary N) is 1. The molecule has 5 rings (SSSR count). The molecule has 164 valence electrons. The number of carbonyl (C=O) groups excluding carboxylic acids is 2. The molecule has 1 aromatic carbocycles. The average Bonchev–Trinajstić information content (AvgIpc) is 3.31. The lowest BCUT2D eigenvalue weighted by atomic mass is 10.1. The number of aryl methyl sites for hydroxylation is 1. The Kier molecular flexibility index (Phi) is 5.09. The van der Waals surface area contributed by atoms with Crippen LogP contribution in [-0.4, -0.2) is 46.4 Å². The summed E-state index contributed by atoms with van der Waals surface area (Å²) in [4.78, 5) is 32.0. The van der Waals surface area contributed by atoms with Gasteiger partial charge in [-0.3, -0.25) is 14.6 Å². The second kappa shape index (κ2) is 7.94. The van der Waals surface area contributed by atoms with E-state index in [0.717, 1.165) is 52.9 Å². The second-order valence-electron chi connectivity index (χ2n) is 7.84. The van der Waals surface area contributed by atoms with E-state index in [1.54, 1.807) is 13.2 Å². The van der Waals surface area contributed by atoms with Crippen molar-refractivity contribution in [2.24, 2.45) is 0 Å². The highest BCUT2D eigenvalue weighted by molar-refractivity contribution is 7.21. The zero-order valence-electron chi connectivity index (χ0n) is 18.3. The zero-order valence-corrected chi connectivity index (χ0v) is 19.1. The molecule has 0 saturated carbocycles. The molecule has 32 heavy (non-hydrogen) atoms. The Morgan fingerprint density at radius 3 is 2.72 bits per heavy atom. The summed E-state index contributed by atoms with van der Waals surface area (Å²) in [5.41, 5.74) is 3.32. The third kappa shape index (κ3) is 3.22. The maximum atomic E-state index is 12.6. The molecule has 1 saturated heterocycles. The number of ether oxygens (including phenoxy) is 1. The van der Waals surface area contributed by atoms with Crippen molar-refractivity contribution in [1.82, 2.24) is 19.8 Å². The Morgan fingerprint density at radius 2 is 2.03 bits per heavy atom. The number of aromatic nitrogens is 2. The van der Waals surface area contributed by atoms with Crippen molar-refractivity contribution in [2.75, 3.05) is 20.1 Å². The van der Waals surface area contributed by atoms with Gasteiger partial charge in [-0.1, -0.05) is 0 Å². The SMILES string of the molecule is CCn1c(C)c(C(=O)NC)c2ccc(Oc3ccnc4cc(C(=O)N5CCC5)sc34)cc21. The minimum absolute atomic E-state index is 0.0598. The van der Waals surface area contributed by atoms with E-state index in [-0.39, 0.29) is 11.8 Å². The number of likely N-dealkylation sites (tertiary alicyclic amines) is 1. The molecule has 0 spiro atoms. The Hall–Kier alpha value is -3.39. The van der Waals surface area contributed by atoms with Crippen LogP contribution in [0.25, 0.3) is 21.1 Å². The van der Waals surface area contributed by atoms with E-state index >= 15 is 0 Å². The molecule has 0 atom stereocenters. The van der Waals surface area contributed by atoms with Crippen LogP contribution in [0.2, 0.25) is 0 Å². The van der Waals surface area contributed by atoms with Crippen LogP contribution in [-0.2, 0) is 6.54 Å². The molecular weight excluding hydrogens is 424 g/mol. The monoisotopic (exact) mass is 448 g/mol. The molecule has 4 aromatic rings. The van der Waals surface area contributed by atoms with Crippen molar-refractivity contribution in [1.29, 1.82) is 0 Å². The normalized spacial score (nSPS) is 13.4. The molecule has 1 aliphatic heterocycles. The first-order valence-corrected chi connectivity index (χ1v) is 11.5. The zero-order chi connectivity index (χ0) is 22.4. The lowest BCUT2D eigenvalue weighted by Crippen LogP contribution is -2.41. The fraction of sp³-hybridized carbons (Fsp3) is 0.292. The molecule has 7 nitrogen and oxygen atoms in total. The van der Waals surface area contributed by atoms with E-state index in [9.17, 15) is 9.59 Å². The van der Waals surface area contributed by atoms with Gasteiger partial charge in [-0.15, -0.1) is 11.3 Å². The number of carbonyl (C=O) groups is 2. The molecule has 0 aliphatic carbocycles. The quantitative estimate of drug-likeness (QED) is 0.485. The van der Waals surface area contributed by atoms with E-state index in [0.29, 0.717) is 21.9 Å². The van der Waals surface area contributed by atoms with Crippen molar-refractivity contribution in [2.45, 2.75) is 26.8 Å². The minimum Gasteiger partial charge on any atom is -0.456 e. The van der Waals surface area contributed by atoms with Crippen LogP contribution in [0.1, 0.15) is 39.1 Å². The summed E-state index contributed by atoms with van der Waals surface area (Å²) in [6.45, 7) is 6.40. The van der Waals surface area contributed by atoms with E-state index in [4.69, 9.17) is 4.74 Å². The molecule has 0 bridgehead atoms. The van der Waals surface area contributed by atoms with Crippen LogP contribution in [0.3, 0.4) is 0 Å². The predicted molar refractivity (Wildman–Crippen MR) is 126 cm³/mol. The summed E-state index contributed by atoms with van der Waals surface area (Å²) in [5.74, 6) is 1.30. The molecule has 8 heteroatoms. The molecule has 1 aliphatic rings. The number of benzene rings is 1. The smallest absolute Gasteiger partial charge is 0.264 e. The van der Waals surface area contributed by atoms with Crippen LogP contribution in [0.15, 0.2) is 36.5 Å². The van der Waals surface area contributed by atoms with Gasteiger partial charge in [-0.25, -0.2) is 0 Å². The Labute approximate surface area is 189 Å². The summed E-state index contributed by atoms with van der Waals surface area (Å²) in [5, 5.41) is 3.63. The number of pyridine rings is 1. The maximum absolute atomic E-state index is 12.6. The molecule has 0 radical (unpaired) electrons. The summed E-state index contributed by atoms with van der Waals surface area (Å²) < 4.78 is 9.23. The highest BCUT2D eigenvalue weighted by Gasteiger charge is 2.24. The van der Waals surface area contributed by atoms with Crippen molar-refractivity contribution in [3.05, 3.63) is 52.7 Å². The van der Waals surface area contributed by atoms with Gasteiger partial charge in [-0.05, 0) is 38.5 Å². The molecular formula is C24H24N4O3S. The first-order valence-electron chi connectivity index (χ1n) is 10.7. The van der Waals surface area contributed by atoms with E-state index < -0.39 is 0 Å². The summed E-state index contributed by atoms with van der Waals surface area (Å²) in [6, 6.07) is 9.43. The maximum Gasteiger partial charge on any atom is 0.264 e. The molecule has 2 amide bonds. The van der Waals surface area contributed by atoms with Gasteiger partial charge in [0, 0.05) is 56.1 Å². The van der Waals surface area contributed by atoms with Crippen LogP contribution in [0.4, 0.5) is 0 Å².